The minimum Gasteiger partial charge on any atom is -0.326 e. The van der Waals surface area contributed by atoms with Crippen LogP contribution >= 0.6 is 11.8 Å². The molecule has 0 aromatic rings. The third-order valence-corrected chi connectivity index (χ3v) is 3.21. The Morgan fingerprint density at radius 2 is 1.79 bits per heavy atom. The van der Waals surface area contributed by atoms with Crippen LogP contribution in [-0.4, -0.2) is 47.8 Å². The summed E-state index contributed by atoms with van der Waals surface area (Å²) in [6.07, 6.45) is -4.21. The van der Waals surface area contributed by atoms with E-state index in [4.69, 9.17) is 5.73 Å². The second kappa shape index (κ2) is 4.72. The summed E-state index contributed by atoms with van der Waals surface area (Å²) in [5.41, 5.74) is 5.39. The second-order valence-corrected chi connectivity index (χ2v) is 4.72. The molecule has 0 aromatic heterocycles. The van der Waals surface area contributed by atoms with Crippen molar-refractivity contribution in [1.82, 2.24) is 4.90 Å². The Kier molecular flexibility index (Phi) is 4.09. The Morgan fingerprint density at radius 1 is 1.29 bits per heavy atom. The first kappa shape index (κ1) is 12.1. The van der Waals surface area contributed by atoms with E-state index in [9.17, 15) is 13.2 Å². The summed E-state index contributed by atoms with van der Waals surface area (Å²) >= 11 is 1.69. The highest BCUT2D eigenvalue weighted by molar-refractivity contribution is 7.99. The van der Waals surface area contributed by atoms with Crippen LogP contribution < -0.4 is 5.73 Å². The fraction of sp³-hybridized carbons (Fsp3) is 1.00. The molecule has 2 atom stereocenters. The van der Waals surface area contributed by atoms with Crippen molar-refractivity contribution in [3.05, 3.63) is 0 Å². The maximum atomic E-state index is 12.6. The van der Waals surface area contributed by atoms with E-state index in [-0.39, 0.29) is 0 Å². The van der Waals surface area contributed by atoms with Crippen LogP contribution in [0.2, 0.25) is 0 Å². The van der Waals surface area contributed by atoms with Gasteiger partial charge in [0.1, 0.15) is 6.04 Å². The number of hydrogen-bond donors (Lipinski definition) is 1. The summed E-state index contributed by atoms with van der Waals surface area (Å²) < 4.78 is 37.9. The van der Waals surface area contributed by atoms with Crippen LogP contribution in [0.1, 0.15) is 6.92 Å². The molecule has 0 bridgehead atoms. The number of nitrogens with zero attached hydrogens (tertiary/aromatic N) is 1. The third kappa shape index (κ3) is 3.03. The van der Waals surface area contributed by atoms with Crippen molar-refractivity contribution < 1.29 is 13.2 Å². The van der Waals surface area contributed by atoms with Gasteiger partial charge in [-0.15, -0.1) is 0 Å². The fourth-order valence-corrected chi connectivity index (χ4v) is 2.62. The second-order valence-electron chi connectivity index (χ2n) is 3.49. The molecule has 1 fully saturated rings. The van der Waals surface area contributed by atoms with Crippen molar-refractivity contribution in [2.24, 2.45) is 5.73 Å². The summed E-state index contributed by atoms with van der Waals surface area (Å²) in [6, 6.07) is -2.35. The van der Waals surface area contributed by atoms with Crippen LogP contribution in [0.4, 0.5) is 13.2 Å². The van der Waals surface area contributed by atoms with Crippen LogP contribution in [-0.2, 0) is 0 Å². The first-order valence-electron chi connectivity index (χ1n) is 4.57. The minimum atomic E-state index is -4.21. The van der Waals surface area contributed by atoms with Gasteiger partial charge in [0.05, 0.1) is 0 Å². The van der Waals surface area contributed by atoms with Crippen molar-refractivity contribution in [2.45, 2.75) is 25.2 Å². The van der Waals surface area contributed by atoms with Crippen molar-refractivity contribution in [3.8, 4) is 0 Å². The molecule has 1 heterocycles. The molecular formula is C8H15F3N2S. The van der Waals surface area contributed by atoms with Gasteiger partial charge in [0, 0.05) is 30.6 Å². The Morgan fingerprint density at radius 3 is 2.14 bits per heavy atom. The van der Waals surface area contributed by atoms with Crippen molar-refractivity contribution >= 4 is 11.8 Å². The zero-order valence-electron chi connectivity index (χ0n) is 8.05. The molecule has 1 aliphatic heterocycles. The van der Waals surface area contributed by atoms with Crippen LogP contribution in [0.3, 0.4) is 0 Å². The van der Waals surface area contributed by atoms with E-state index in [1.54, 1.807) is 11.8 Å². The Balaban J connectivity index is 2.66. The maximum Gasteiger partial charge on any atom is 0.405 e. The van der Waals surface area contributed by atoms with E-state index >= 15 is 0 Å². The molecule has 6 heteroatoms. The molecule has 84 valence electrons. The molecule has 0 aliphatic carbocycles. The van der Waals surface area contributed by atoms with Crippen LogP contribution in [0.15, 0.2) is 0 Å². The van der Waals surface area contributed by atoms with Crippen molar-refractivity contribution in [2.75, 3.05) is 24.6 Å². The smallest absolute Gasteiger partial charge is 0.326 e. The first-order valence-corrected chi connectivity index (χ1v) is 5.72. The summed E-state index contributed by atoms with van der Waals surface area (Å²) in [4.78, 5) is 1.45. The van der Waals surface area contributed by atoms with Gasteiger partial charge in [0.25, 0.3) is 0 Å². The summed E-state index contributed by atoms with van der Waals surface area (Å²) in [5, 5.41) is 0. The molecule has 1 rings (SSSR count). The van der Waals surface area contributed by atoms with E-state index in [0.29, 0.717) is 13.1 Å². The Labute approximate surface area is 86.0 Å². The number of rotatable bonds is 2. The lowest BCUT2D eigenvalue weighted by Crippen LogP contribution is -2.57. The van der Waals surface area contributed by atoms with Crippen molar-refractivity contribution in [3.63, 3.8) is 0 Å². The molecule has 14 heavy (non-hydrogen) atoms. The molecule has 2 unspecified atom stereocenters. The van der Waals surface area contributed by atoms with E-state index in [0.717, 1.165) is 11.5 Å². The predicted molar refractivity (Wildman–Crippen MR) is 52.4 cm³/mol. The summed E-state index contributed by atoms with van der Waals surface area (Å²) in [6.45, 7) is 2.38. The molecule has 0 spiro atoms. The van der Waals surface area contributed by atoms with Gasteiger partial charge in [-0.25, -0.2) is 0 Å². The van der Waals surface area contributed by atoms with E-state index in [1.807, 2.05) is 0 Å². The molecule has 0 aromatic carbocycles. The lowest BCUT2D eigenvalue weighted by molar-refractivity contribution is -0.187. The van der Waals surface area contributed by atoms with Gasteiger partial charge in [0.2, 0.25) is 0 Å². The van der Waals surface area contributed by atoms with Gasteiger partial charge in [-0.05, 0) is 6.92 Å². The molecular weight excluding hydrogens is 213 g/mol. The number of hydrogen-bond acceptors (Lipinski definition) is 3. The minimum absolute atomic E-state index is 0.483. The van der Waals surface area contributed by atoms with Gasteiger partial charge in [-0.2, -0.15) is 24.9 Å². The first-order chi connectivity index (χ1) is 6.43. The summed E-state index contributed by atoms with van der Waals surface area (Å²) in [5.74, 6) is 1.53. The third-order valence-electron chi connectivity index (χ3n) is 2.27. The molecule has 1 saturated heterocycles. The molecule has 2 nitrogen and oxygen atoms in total. The monoisotopic (exact) mass is 228 g/mol. The average Bonchev–Trinajstić information content (AvgIpc) is 2.02. The normalized spacial score (nSPS) is 24.6. The van der Waals surface area contributed by atoms with Gasteiger partial charge < -0.3 is 5.73 Å². The van der Waals surface area contributed by atoms with Crippen LogP contribution in [0, 0.1) is 0 Å². The highest BCUT2D eigenvalue weighted by Gasteiger charge is 2.45. The fourth-order valence-electron chi connectivity index (χ4n) is 1.69. The zero-order chi connectivity index (χ0) is 10.8. The lowest BCUT2D eigenvalue weighted by Gasteiger charge is -2.37. The Hall–Kier alpha value is 0.0600. The predicted octanol–water partition coefficient (Wildman–Crippen LogP) is 1.31. The van der Waals surface area contributed by atoms with E-state index in [2.05, 4.69) is 0 Å². The molecule has 0 saturated carbocycles. The SMILES string of the molecule is CC(N)C(N1CCSCC1)C(F)(F)F. The van der Waals surface area contributed by atoms with Gasteiger partial charge in [-0.3, -0.25) is 4.90 Å². The molecule has 0 amide bonds. The van der Waals surface area contributed by atoms with E-state index in [1.165, 1.54) is 11.8 Å². The number of halogens is 3. The van der Waals surface area contributed by atoms with Gasteiger partial charge >= 0.3 is 6.18 Å². The number of alkyl halides is 3. The quantitative estimate of drug-likeness (QED) is 0.772. The number of nitrogens with two attached hydrogens (primary N) is 1. The zero-order valence-corrected chi connectivity index (χ0v) is 8.87. The van der Waals surface area contributed by atoms with Gasteiger partial charge in [0.15, 0.2) is 0 Å². The largest absolute Gasteiger partial charge is 0.405 e. The lowest BCUT2D eigenvalue weighted by atomic mass is 10.1. The molecule has 2 N–H and O–H groups in total. The number of thioether (sulfide) groups is 1. The van der Waals surface area contributed by atoms with E-state index < -0.39 is 18.3 Å². The highest BCUT2D eigenvalue weighted by atomic mass is 32.2. The molecule has 1 aliphatic rings. The molecule has 0 radical (unpaired) electrons. The van der Waals surface area contributed by atoms with Crippen LogP contribution in [0.5, 0.6) is 0 Å². The van der Waals surface area contributed by atoms with Crippen LogP contribution in [0.25, 0.3) is 0 Å². The highest BCUT2D eigenvalue weighted by Crippen LogP contribution is 2.28. The van der Waals surface area contributed by atoms with Crippen molar-refractivity contribution in [1.29, 1.82) is 0 Å². The van der Waals surface area contributed by atoms with Gasteiger partial charge in [-0.1, -0.05) is 0 Å². The standard InChI is InChI=1S/C8H15F3N2S/c1-6(12)7(8(9,10)11)13-2-4-14-5-3-13/h6-7H,2-5,12H2,1H3. The maximum absolute atomic E-state index is 12.6. The Bertz CT molecular complexity index is 178. The summed E-state index contributed by atoms with van der Waals surface area (Å²) in [7, 11) is 0. The average molecular weight is 228 g/mol. The topological polar surface area (TPSA) is 29.3 Å².